The van der Waals surface area contributed by atoms with Gasteiger partial charge < -0.3 is 4.57 Å². The van der Waals surface area contributed by atoms with Crippen LogP contribution in [0.25, 0.3) is 0 Å². The van der Waals surface area contributed by atoms with Gasteiger partial charge in [-0.2, -0.15) is 0 Å². The normalized spacial score (nSPS) is 11.2. The van der Waals surface area contributed by atoms with Crippen LogP contribution in [0.2, 0.25) is 0 Å². The second-order valence-electron chi connectivity index (χ2n) is 7.69. The van der Waals surface area contributed by atoms with Crippen molar-refractivity contribution < 1.29 is 14.2 Å². The van der Waals surface area contributed by atoms with Gasteiger partial charge in [-0.05, 0) is 71.9 Å². The molecule has 4 heteroatoms. The molecule has 162 valence electrons. The molecule has 0 bridgehead atoms. The monoisotopic (exact) mass is 426 g/mol. The van der Waals surface area contributed by atoms with E-state index in [1.165, 1.54) is 11.1 Å². The zero-order valence-electron chi connectivity index (χ0n) is 19.3. The third-order valence-corrected chi connectivity index (χ3v) is 7.25. The second-order valence-corrected chi connectivity index (χ2v) is 9.25. The molecule has 2 rings (SSSR count). The predicted octanol–water partition coefficient (Wildman–Crippen LogP) is 6.60. The van der Waals surface area contributed by atoms with Crippen LogP contribution in [0.5, 0.6) is 0 Å². The summed E-state index contributed by atoms with van der Waals surface area (Å²) < 4.78 is 13.3. The van der Waals surface area contributed by atoms with E-state index >= 15 is 0 Å². The molecule has 0 aliphatic rings. The minimum absolute atomic E-state index is 0.481. The van der Waals surface area contributed by atoms with Crippen molar-refractivity contribution in [3.63, 3.8) is 0 Å². The topological polar surface area (TPSA) is 51.2 Å². The number of hydrogen-bond donors (Lipinski definition) is 0. The smallest absolute Gasteiger partial charge is 0.226 e. The number of carbonyl (C=O) groups is 2. The molecule has 0 atom stereocenters. The highest BCUT2D eigenvalue weighted by Crippen LogP contribution is 2.37. The van der Waals surface area contributed by atoms with Crippen molar-refractivity contribution in [1.82, 2.24) is 0 Å². The molecule has 2 aromatic rings. The van der Waals surface area contributed by atoms with Crippen molar-refractivity contribution in [3.05, 3.63) is 68.8 Å². The first-order chi connectivity index (χ1) is 14.4. The maximum absolute atomic E-state index is 13.4. The summed E-state index contributed by atoms with van der Waals surface area (Å²) in [5, 5.41) is 0. The third kappa shape index (κ3) is 4.83. The summed E-state index contributed by atoms with van der Waals surface area (Å²) >= 11 is 0. The fourth-order valence-corrected chi connectivity index (χ4v) is 5.42. The van der Waals surface area contributed by atoms with E-state index in [1.54, 1.807) is 0 Å². The van der Waals surface area contributed by atoms with E-state index in [1.807, 2.05) is 52.0 Å². The fourth-order valence-electron chi connectivity index (χ4n) is 4.12. The van der Waals surface area contributed by atoms with Gasteiger partial charge in [-0.3, -0.25) is 9.59 Å². The highest BCUT2D eigenvalue weighted by molar-refractivity contribution is 7.80. The Bertz CT molecular complexity index is 845. The second kappa shape index (κ2) is 10.9. The van der Waals surface area contributed by atoms with Crippen molar-refractivity contribution in [2.45, 2.75) is 80.1 Å². The first-order valence-corrected chi connectivity index (χ1v) is 12.7. The predicted molar refractivity (Wildman–Crippen MR) is 127 cm³/mol. The number of hydrogen-bond acceptors (Lipinski definition) is 3. The highest BCUT2D eigenvalue weighted by atomic mass is 31.1. The molecule has 30 heavy (non-hydrogen) atoms. The molecule has 0 aliphatic heterocycles. The van der Waals surface area contributed by atoms with Gasteiger partial charge in [-0.15, -0.1) is 0 Å². The Balaban J connectivity index is 2.57. The van der Waals surface area contributed by atoms with Gasteiger partial charge in [0.2, 0.25) is 18.8 Å². The molecule has 0 amide bonds. The fraction of sp³-hybridized carbons (Fsp3) is 0.462. The Morgan fingerprint density at radius 2 is 0.833 bits per heavy atom. The van der Waals surface area contributed by atoms with E-state index in [-0.39, 0.29) is 0 Å². The van der Waals surface area contributed by atoms with Crippen LogP contribution in [0, 0.1) is 0 Å². The van der Waals surface area contributed by atoms with Gasteiger partial charge in [0.05, 0.1) is 0 Å². The van der Waals surface area contributed by atoms with Crippen molar-refractivity contribution in [3.8, 4) is 0 Å². The molecule has 0 heterocycles. The van der Waals surface area contributed by atoms with Crippen molar-refractivity contribution >= 4 is 18.8 Å². The van der Waals surface area contributed by atoms with Crippen molar-refractivity contribution in [1.29, 1.82) is 0 Å². The van der Waals surface area contributed by atoms with E-state index < -0.39 is 18.8 Å². The Hall–Kier alpha value is -1.99. The van der Waals surface area contributed by atoms with E-state index in [9.17, 15) is 14.2 Å². The molecule has 0 N–H and O–H groups in total. The summed E-state index contributed by atoms with van der Waals surface area (Å²) in [5.74, 6) is 0. The van der Waals surface area contributed by atoms with Crippen LogP contribution in [0.4, 0.5) is 0 Å². The van der Waals surface area contributed by atoms with Crippen LogP contribution in [0.1, 0.15) is 95.6 Å². The molecular formula is C26H35O3P. The quantitative estimate of drug-likeness (QED) is 0.402. The van der Waals surface area contributed by atoms with Crippen molar-refractivity contribution in [2.75, 3.05) is 0 Å². The van der Waals surface area contributed by atoms with Crippen LogP contribution < -0.4 is 0 Å². The van der Waals surface area contributed by atoms with E-state index in [0.29, 0.717) is 36.8 Å². The van der Waals surface area contributed by atoms with Crippen molar-refractivity contribution in [2.24, 2.45) is 0 Å². The van der Waals surface area contributed by atoms with Crippen LogP contribution in [0.15, 0.2) is 24.3 Å². The molecule has 0 aliphatic carbocycles. The van der Waals surface area contributed by atoms with Crippen LogP contribution in [-0.2, 0) is 43.1 Å². The number of carbonyl (C=O) groups excluding carboxylic acids is 2. The lowest BCUT2D eigenvalue weighted by atomic mass is 9.94. The number of benzene rings is 2. The SMILES string of the molecule is CCc1cc(CC)c(C(=O)[PH](=O)C(=O)c2c(CC)cc(CC)cc2CC)c(CC)c1. The standard InChI is InChI=1S/C26H35O3P/c1-7-17-13-19(9-3)23(20(10-4)14-17)25(27)30(29)26(28)24-21(11-5)15-18(8-2)16-22(24)12-6/h13-16,30H,7-12H2,1-6H3. The Morgan fingerprint density at radius 3 is 1.03 bits per heavy atom. The molecule has 0 saturated carbocycles. The lowest BCUT2D eigenvalue weighted by molar-refractivity contribution is 0.104. The summed E-state index contributed by atoms with van der Waals surface area (Å²) in [4.78, 5) is 26.7. The third-order valence-electron chi connectivity index (χ3n) is 5.93. The first-order valence-electron chi connectivity index (χ1n) is 11.3. The molecular weight excluding hydrogens is 391 g/mol. The Morgan fingerprint density at radius 1 is 0.567 bits per heavy atom. The molecule has 0 aromatic heterocycles. The van der Waals surface area contributed by atoms with Gasteiger partial charge in [0, 0.05) is 11.1 Å². The minimum Gasteiger partial charge on any atom is -0.310 e. The lowest BCUT2D eigenvalue weighted by Crippen LogP contribution is -2.12. The molecule has 0 saturated heterocycles. The minimum atomic E-state index is -3.14. The summed E-state index contributed by atoms with van der Waals surface area (Å²) in [6.07, 6.45) is 4.47. The lowest BCUT2D eigenvalue weighted by Gasteiger charge is -2.17. The first kappa shape index (κ1) is 24.3. The molecule has 0 fully saturated rings. The molecule has 3 nitrogen and oxygen atoms in total. The van der Waals surface area contributed by atoms with Crippen LogP contribution in [-0.4, -0.2) is 11.0 Å². The summed E-state index contributed by atoms with van der Waals surface area (Å²) in [5.41, 5.74) is 5.99. The van der Waals surface area contributed by atoms with Gasteiger partial charge in [0.15, 0.2) is 0 Å². The average molecular weight is 427 g/mol. The molecule has 0 unspecified atom stereocenters. The highest BCUT2D eigenvalue weighted by Gasteiger charge is 2.29. The Labute approximate surface area is 182 Å². The summed E-state index contributed by atoms with van der Waals surface area (Å²) in [6, 6.07) is 8.10. The number of aryl methyl sites for hydroxylation is 6. The average Bonchev–Trinajstić information content (AvgIpc) is 2.80. The summed E-state index contributed by atoms with van der Waals surface area (Å²) in [6.45, 7) is 12.2. The largest absolute Gasteiger partial charge is 0.310 e. The Kier molecular flexibility index (Phi) is 8.79. The van der Waals surface area contributed by atoms with Gasteiger partial charge in [-0.1, -0.05) is 65.8 Å². The van der Waals surface area contributed by atoms with Gasteiger partial charge in [-0.25, -0.2) is 0 Å². The molecule has 0 spiro atoms. The van der Waals surface area contributed by atoms with Crippen LogP contribution >= 0.6 is 7.80 Å². The van der Waals surface area contributed by atoms with E-state index in [0.717, 1.165) is 35.1 Å². The number of rotatable bonds is 10. The molecule has 2 aromatic carbocycles. The van der Waals surface area contributed by atoms with E-state index in [2.05, 4.69) is 13.8 Å². The summed E-state index contributed by atoms with van der Waals surface area (Å²) in [7, 11) is -3.14. The molecule has 0 radical (unpaired) electrons. The zero-order chi connectivity index (χ0) is 22.4. The van der Waals surface area contributed by atoms with E-state index in [4.69, 9.17) is 0 Å². The zero-order valence-corrected chi connectivity index (χ0v) is 20.3. The van der Waals surface area contributed by atoms with Gasteiger partial charge in [0.1, 0.15) is 0 Å². The van der Waals surface area contributed by atoms with Gasteiger partial charge >= 0.3 is 0 Å². The maximum Gasteiger partial charge on any atom is 0.226 e. The maximum atomic E-state index is 13.4. The van der Waals surface area contributed by atoms with Gasteiger partial charge in [0.25, 0.3) is 0 Å². The van der Waals surface area contributed by atoms with Crippen LogP contribution in [0.3, 0.4) is 0 Å².